The average Bonchev–Trinajstić information content (AvgIpc) is 3.09. The number of benzene rings is 4. The van der Waals surface area contributed by atoms with Crippen molar-refractivity contribution in [2.45, 2.75) is 55.5 Å². The van der Waals surface area contributed by atoms with Gasteiger partial charge in [-0.3, -0.25) is 13.9 Å². The van der Waals surface area contributed by atoms with Gasteiger partial charge in [-0.25, -0.2) is 8.42 Å². The van der Waals surface area contributed by atoms with Gasteiger partial charge in [0, 0.05) is 28.9 Å². The fourth-order valence-electron chi connectivity index (χ4n) is 5.22. The van der Waals surface area contributed by atoms with Crippen molar-refractivity contribution in [2.75, 3.05) is 30.3 Å². The number of hydrogen-bond acceptors (Lipinski definition) is 6. The van der Waals surface area contributed by atoms with Gasteiger partial charge in [-0.15, -0.1) is 11.8 Å². The van der Waals surface area contributed by atoms with Crippen LogP contribution in [-0.2, 0) is 32.6 Å². The van der Waals surface area contributed by atoms with Gasteiger partial charge in [0.15, 0.2) is 0 Å². The lowest BCUT2D eigenvalue weighted by atomic mass is 10.0. The fourth-order valence-corrected chi connectivity index (χ4v) is 7.50. The molecule has 254 valence electrons. The van der Waals surface area contributed by atoms with E-state index in [1.165, 1.54) is 16.7 Å². The van der Waals surface area contributed by atoms with Crippen LogP contribution in [0.5, 0.6) is 5.75 Å². The van der Waals surface area contributed by atoms with Crippen molar-refractivity contribution in [3.8, 4) is 5.75 Å². The molecule has 48 heavy (non-hydrogen) atoms. The van der Waals surface area contributed by atoms with Crippen LogP contribution in [0.4, 0.5) is 5.69 Å². The molecule has 0 heterocycles. The van der Waals surface area contributed by atoms with E-state index in [2.05, 4.69) is 21.2 Å². The van der Waals surface area contributed by atoms with Crippen LogP contribution in [0.3, 0.4) is 0 Å². The Hall–Kier alpha value is -3.80. The zero-order valence-electron chi connectivity index (χ0n) is 27.5. The molecule has 0 saturated heterocycles. The first-order chi connectivity index (χ1) is 23.2. The molecule has 4 aromatic rings. The third kappa shape index (κ3) is 9.87. The van der Waals surface area contributed by atoms with Crippen LogP contribution >= 0.6 is 27.7 Å². The van der Waals surface area contributed by atoms with Crippen molar-refractivity contribution in [1.29, 1.82) is 0 Å². The standard InChI is InChI=1S/C37H42BrN3O5S2/c1-4-6-23-39-37(43)34(25-28-13-8-7-9-14-28)40(26-29-15-12-16-30(38)24-29)36(42)27-41(33-17-10-11-18-35(33)46-5-2)48(44,45)32-21-19-31(47-3)20-22-32/h7-22,24,34H,4-6,23,25-27H2,1-3H3,(H,39,43)/t34-/m1/s1. The Kier molecular flexibility index (Phi) is 14.0. The average molecular weight is 753 g/mol. The second-order valence-corrected chi connectivity index (χ2v) is 14.7. The molecule has 0 fully saturated rings. The van der Waals surface area contributed by atoms with Gasteiger partial charge in [-0.2, -0.15) is 0 Å². The second-order valence-electron chi connectivity index (χ2n) is 11.1. The summed E-state index contributed by atoms with van der Waals surface area (Å²) in [6, 6.07) is 29.5. The van der Waals surface area contributed by atoms with E-state index in [4.69, 9.17) is 4.74 Å². The van der Waals surface area contributed by atoms with E-state index in [9.17, 15) is 18.0 Å². The van der Waals surface area contributed by atoms with Crippen molar-refractivity contribution in [1.82, 2.24) is 10.2 Å². The smallest absolute Gasteiger partial charge is 0.264 e. The Morgan fingerprint density at radius 1 is 0.896 bits per heavy atom. The number of anilines is 1. The first-order valence-corrected chi connectivity index (χ1v) is 19.4. The molecule has 0 aliphatic heterocycles. The number of hydrogen-bond donors (Lipinski definition) is 1. The van der Waals surface area contributed by atoms with Crippen molar-refractivity contribution in [3.63, 3.8) is 0 Å². The molecular weight excluding hydrogens is 710 g/mol. The summed E-state index contributed by atoms with van der Waals surface area (Å²) in [5, 5.41) is 3.02. The molecule has 0 aliphatic carbocycles. The number of amides is 2. The number of rotatable bonds is 17. The lowest BCUT2D eigenvalue weighted by Gasteiger charge is -2.34. The van der Waals surface area contributed by atoms with Gasteiger partial charge in [-0.1, -0.05) is 83.9 Å². The van der Waals surface area contributed by atoms with E-state index in [0.29, 0.717) is 18.9 Å². The Morgan fingerprint density at radius 3 is 2.25 bits per heavy atom. The first-order valence-electron chi connectivity index (χ1n) is 15.9. The quantitative estimate of drug-likeness (QED) is 0.0898. The number of para-hydroxylation sites is 2. The maximum absolute atomic E-state index is 14.7. The number of nitrogens with one attached hydrogen (secondary N) is 1. The summed E-state index contributed by atoms with van der Waals surface area (Å²) in [5.41, 5.74) is 1.89. The number of nitrogens with zero attached hydrogens (tertiary/aromatic N) is 2. The van der Waals surface area contributed by atoms with Gasteiger partial charge < -0.3 is 15.0 Å². The highest BCUT2D eigenvalue weighted by Crippen LogP contribution is 2.33. The monoisotopic (exact) mass is 751 g/mol. The van der Waals surface area contributed by atoms with Crippen molar-refractivity contribution < 1.29 is 22.7 Å². The van der Waals surface area contributed by atoms with Crippen LogP contribution in [0, 0.1) is 0 Å². The number of unbranched alkanes of at least 4 members (excludes halogenated alkanes) is 1. The molecule has 0 bridgehead atoms. The molecular formula is C37H42BrN3O5S2. The van der Waals surface area contributed by atoms with Gasteiger partial charge in [-0.05, 0) is 79.3 Å². The van der Waals surface area contributed by atoms with Crippen LogP contribution in [-0.4, -0.2) is 57.1 Å². The third-order valence-corrected chi connectivity index (χ3v) is 10.7. The lowest BCUT2D eigenvalue weighted by Crippen LogP contribution is -2.53. The molecule has 0 unspecified atom stereocenters. The van der Waals surface area contributed by atoms with E-state index in [1.807, 2.05) is 74.7 Å². The molecule has 11 heteroatoms. The molecule has 1 N–H and O–H groups in total. The van der Waals surface area contributed by atoms with Crippen LogP contribution in [0.25, 0.3) is 0 Å². The second kappa shape index (κ2) is 18.1. The highest BCUT2D eigenvalue weighted by atomic mass is 79.9. The van der Waals surface area contributed by atoms with Crippen LogP contribution < -0.4 is 14.4 Å². The normalized spacial score (nSPS) is 11.8. The number of thioether (sulfide) groups is 1. The lowest BCUT2D eigenvalue weighted by molar-refractivity contribution is -0.140. The van der Waals surface area contributed by atoms with Crippen LogP contribution in [0.15, 0.2) is 117 Å². The van der Waals surface area contributed by atoms with Crippen molar-refractivity contribution in [3.05, 3.63) is 119 Å². The third-order valence-electron chi connectivity index (χ3n) is 7.70. The van der Waals surface area contributed by atoms with Gasteiger partial charge in [0.2, 0.25) is 11.8 Å². The number of halogens is 1. The Labute approximate surface area is 297 Å². The summed E-state index contributed by atoms with van der Waals surface area (Å²) in [4.78, 5) is 31.1. The predicted molar refractivity (Wildman–Crippen MR) is 197 cm³/mol. The fraction of sp³-hybridized carbons (Fsp3) is 0.297. The number of carbonyl (C=O) groups excluding carboxylic acids is 2. The zero-order chi connectivity index (χ0) is 34.5. The molecule has 0 aliphatic rings. The van der Waals surface area contributed by atoms with E-state index in [1.54, 1.807) is 48.5 Å². The van der Waals surface area contributed by atoms with Gasteiger partial charge >= 0.3 is 0 Å². The van der Waals surface area contributed by atoms with E-state index < -0.39 is 28.5 Å². The summed E-state index contributed by atoms with van der Waals surface area (Å²) in [6.07, 6.45) is 3.85. The zero-order valence-corrected chi connectivity index (χ0v) is 30.7. The SMILES string of the molecule is CCCCNC(=O)[C@@H](Cc1ccccc1)N(Cc1cccc(Br)c1)C(=O)CN(c1ccccc1OCC)S(=O)(=O)c1ccc(SC)cc1. The summed E-state index contributed by atoms with van der Waals surface area (Å²) in [7, 11) is -4.26. The molecule has 0 aromatic heterocycles. The van der Waals surface area contributed by atoms with Crippen LogP contribution in [0.1, 0.15) is 37.8 Å². The Morgan fingerprint density at radius 2 is 1.58 bits per heavy atom. The largest absolute Gasteiger partial charge is 0.492 e. The molecule has 4 rings (SSSR count). The highest BCUT2D eigenvalue weighted by molar-refractivity contribution is 9.10. The summed E-state index contributed by atoms with van der Waals surface area (Å²) < 4.78 is 36.6. The van der Waals surface area contributed by atoms with Crippen LogP contribution in [0.2, 0.25) is 0 Å². The van der Waals surface area contributed by atoms with Gasteiger partial charge in [0.25, 0.3) is 10.0 Å². The number of ether oxygens (including phenoxy) is 1. The summed E-state index contributed by atoms with van der Waals surface area (Å²) in [5.74, 6) is -0.502. The van der Waals surface area contributed by atoms with Gasteiger partial charge in [0.1, 0.15) is 18.3 Å². The Balaban J connectivity index is 1.83. The summed E-state index contributed by atoms with van der Waals surface area (Å²) >= 11 is 5.02. The van der Waals surface area contributed by atoms with Gasteiger partial charge in [0.05, 0.1) is 17.2 Å². The molecule has 0 spiro atoms. The number of sulfonamides is 1. The maximum atomic E-state index is 14.7. The van der Waals surface area contributed by atoms with E-state index in [-0.39, 0.29) is 29.5 Å². The molecule has 8 nitrogen and oxygen atoms in total. The topological polar surface area (TPSA) is 96.0 Å². The number of carbonyl (C=O) groups is 2. The molecule has 0 saturated carbocycles. The molecule has 2 amide bonds. The first kappa shape index (κ1) is 37.0. The summed E-state index contributed by atoms with van der Waals surface area (Å²) in [6.45, 7) is 4.15. The predicted octanol–water partition coefficient (Wildman–Crippen LogP) is 7.32. The highest BCUT2D eigenvalue weighted by Gasteiger charge is 2.35. The molecule has 0 radical (unpaired) electrons. The minimum Gasteiger partial charge on any atom is -0.492 e. The van der Waals surface area contributed by atoms with E-state index >= 15 is 0 Å². The van der Waals surface area contributed by atoms with Crippen molar-refractivity contribution >= 4 is 55.2 Å². The minimum atomic E-state index is -4.26. The maximum Gasteiger partial charge on any atom is 0.264 e. The molecule has 1 atom stereocenters. The minimum absolute atomic E-state index is 0.0380. The van der Waals surface area contributed by atoms with E-state index in [0.717, 1.165) is 37.6 Å². The Bertz CT molecular complexity index is 1750. The molecule has 4 aromatic carbocycles. The van der Waals surface area contributed by atoms with Crippen molar-refractivity contribution in [2.24, 2.45) is 0 Å².